The van der Waals surface area contributed by atoms with E-state index in [1.54, 1.807) is 11.0 Å². The molecule has 31 heavy (non-hydrogen) atoms. The van der Waals surface area contributed by atoms with Crippen molar-refractivity contribution in [3.8, 4) is 0 Å². The summed E-state index contributed by atoms with van der Waals surface area (Å²) in [6.45, 7) is 2.15. The Balaban J connectivity index is 1.29. The highest BCUT2D eigenvalue weighted by Crippen LogP contribution is 2.37. The minimum atomic E-state index is -0.404. The Kier molecular flexibility index (Phi) is 5.10. The van der Waals surface area contributed by atoms with E-state index < -0.39 is 5.82 Å². The maximum atomic E-state index is 14.9. The van der Waals surface area contributed by atoms with Crippen molar-refractivity contribution in [2.75, 3.05) is 31.1 Å². The van der Waals surface area contributed by atoms with E-state index in [-0.39, 0.29) is 18.1 Å². The minimum absolute atomic E-state index is 0.164. The average Bonchev–Trinajstić information content (AvgIpc) is 3.64. The standard InChI is InChI=1S/C24H24FN3O3/c25-20-14-19-21(28(18-6-7-18)9-8-23(19)29)15-22(20)26-10-12-27(13-11-26)24(30)31-16-17-4-2-1-3-5-17/h1-5,8-9,14-15,18H,6-7,10-13,16H2. The van der Waals surface area contributed by atoms with Crippen LogP contribution in [0.25, 0.3) is 10.9 Å². The second-order valence-electron chi connectivity index (χ2n) is 8.15. The van der Waals surface area contributed by atoms with Crippen LogP contribution in [0.2, 0.25) is 0 Å². The van der Waals surface area contributed by atoms with Crippen molar-refractivity contribution in [1.82, 2.24) is 9.47 Å². The molecule has 7 heteroatoms. The summed E-state index contributed by atoms with van der Waals surface area (Å²) in [6, 6.07) is 14.6. The highest BCUT2D eigenvalue weighted by molar-refractivity contribution is 5.83. The van der Waals surface area contributed by atoms with Crippen LogP contribution < -0.4 is 10.3 Å². The number of carbonyl (C=O) groups excluding carboxylic acids is 1. The number of amides is 1. The number of pyridine rings is 1. The van der Waals surface area contributed by atoms with Crippen LogP contribution in [-0.4, -0.2) is 41.7 Å². The van der Waals surface area contributed by atoms with Gasteiger partial charge in [-0.15, -0.1) is 0 Å². The maximum Gasteiger partial charge on any atom is 0.410 e. The van der Waals surface area contributed by atoms with E-state index in [4.69, 9.17) is 4.74 Å². The molecule has 160 valence electrons. The van der Waals surface area contributed by atoms with E-state index in [1.165, 1.54) is 12.1 Å². The van der Waals surface area contributed by atoms with Gasteiger partial charge in [-0.1, -0.05) is 30.3 Å². The van der Waals surface area contributed by atoms with Crippen molar-refractivity contribution < 1.29 is 13.9 Å². The predicted octanol–water partition coefficient (Wildman–Crippen LogP) is 3.93. The molecule has 1 saturated carbocycles. The van der Waals surface area contributed by atoms with Gasteiger partial charge in [0.15, 0.2) is 5.43 Å². The number of rotatable bonds is 4. The molecule has 0 N–H and O–H groups in total. The molecular weight excluding hydrogens is 397 g/mol. The Morgan fingerprint density at radius 3 is 2.48 bits per heavy atom. The molecule has 3 aromatic rings. The molecule has 1 amide bonds. The lowest BCUT2D eigenvalue weighted by Crippen LogP contribution is -2.49. The van der Waals surface area contributed by atoms with Crippen LogP contribution in [-0.2, 0) is 11.3 Å². The number of nitrogens with zero attached hydrogens (tertiary/aromatic N) is 3. The number of anilines is 1. The summed E-state index contributed by atoms with van der Waals surface area (Å²) < 4.78 is 22.4. The van der Waals surface area contributed by atoms with E-state index in [9.17, 15) is 14.0 Å². The fourth-order valence-electron chi connectivity index (χ4n) is 4.13. The lowest BCUT2D eigenvalue weighted by atomic mass is 10.1. The molecule has 0 bridgehead atoms. The molecule has 1 aliphatic carbocycles. The van der Waals surface area contributed by atoms with Gasteiger partial charge in [-0.3, -0.25) is 4.79 Å². The Labute approximate surface area is 179 Å². The first-order valence-corrected chi connectivity index (χ1v) is 10.6. The van der Waals surface area contributed by atoms with Crippen LogP contribution in [0.15, 0.2) is 59.5 Å². The van der Waals surface area contributed by atoms with Crippen molar-refractivity contribution in [3.05, 3.63) is 76.3 Å². The summed E-state index contributed by atoms with van der Waals surface area (Å²) in [7, 11) is 0. The summed E-state index contributed by atoms with van der Waals surface area (Å²) in [4.78, 5) is 28.2. The van der Waals surface area contributed by atoms with Gasteiger partial charge in [-0.25, -0.2) is 9.18 Å². The van der Waals surface area contributed by atoms with Gasteiger partial charge in [0, 0.05) is 49.9 Å². The van der Waals surface area contributed by atoms with Crippen molar-refractivity contribution >= 4 is 22.7 Å². The fourth-order valence-corrected chi connectivity index (χ4v) is 4.13. The predicted molar refractivity (Wildman–Crippen MR) is 117 cm³/mol. The quantitative estimate of drug-likeness (QED) is 0.641. The summed E-state index contributed by atoms with van der Waals surface area (Å²) >= 11 is 0. The molecule has 0 unspecified atom stereocenters. The summed E-state index contributed by atoms with van der Waals surface area (Å²) in [5, 5.41) is 0.416. The van der Waals surface area contributed by atoms with E-state index >= 15 is 0 Å². The van der Waals surface area contributed by atoms with Crippen molar-refractivity contribution in [2.45, 2.75) is 25.5 Å². The first-order valence-electron chi connectivity index (χ1n) is 10.6. The topological polar surface area (TPSA) is 54.8 Å². The Hall–Kier alpha value is -3.35. The minimum Gasteiger partial charge on any atom is -0.445 e. The van der Waals surface area contributed by atoms with Gasteiger partial charge in [0.05, 0.1) is 11.2 Å². The van der Waals surface area contributed by atoms with Crippen LogP contribution in [0.1, 0.15) is 24.4 Å². The molecule has 5 rings (SSSR count). The molecule has 1 aromatic heterocycles. The second kappa shape index (κ2) is 8.06. The number of ether oxygens (including phenoxy) is 1. The number of hydrogen-bond donors (Lipinski definition) is 0. The van der Waals surface area contributed by atoms with E-state index in [0.29, 0.717) is 43.3 Å². The molecule has 1 saturated heterocycles. The number of hydrogen-bond acceptors (Lipinski definition) is 4. The molecule has 0 atom stereocenters. The third-order valence-corrected chi connectivity index (χ3v) is 6.02. The summed E-state index contributed by atoms with van der Waals surface area (Å²) in [5.74, 6) is -0.404. The molecule has 2 fully saturated rings. The molecule has 0 radical (unpaired) electrons. The first kappa shape index (κ1) is 19.6. The Morgan fingerprint density at radius 2 is 1.77 bits per heavy atom. The maximum absolute atomic E-state index is 14.9. The van der Waals surface area contributed by atoms with Crippen LogP contribution in [0, 0.1) is 5.82 Å². The molecule has 2 aliphatic rings. The third kappa shape index (κ3) is 4.00. The average molecular weight is 421 g/mol. The fraction of sp³-hybridized carbons (Fsp3) is 0.333. The van der Waals surface area contributed by atoms with Gasteiger partial charge in [0.1, 0.15) is 12.4 Å². The number of halogens is 1. The van der Waals surface area contributed by atoms with Crippen LogP contribution in [0.3, 0.4) is 0 Å². The smallest absolute Gasteiger partial charge is 0.410 e. The monoisotopic (exact) mass is 421 g/mol. The van der Waals surface area contributed by atoms with Gasteiger partial charge in [-0.05, 0) is 30.5 Å². The van der Waals surface area contributed by atoms with Crippen LogP contribution >= 0.6 is 0 Å². The number of carbonyl (C=O) groups is 1. The zero-order valence-electron chi connectivity index (χ0n) is 17.2. The number of fused-ring (bicyclic) bond motifs is 1. The number of benzene rings is 2. The molecule has 2 aromatic carbocycles. The lowest BCUT2D eigenvalue weighted by Gasteiger charge is -2.35. The van der Waals surface area contributed by atoms with Gasteiger partial charge >= 0.3 is 6.09 Å². The number of aromatic nitrogens is 1. The van der Waals surface area contributed by atoms with Crippen LogP contribution in [0.5, 0.6) is 0 Å². The molecule has 1 aliphatic heterocycles. The highest BCUT2D eigenvalue weighted by Gasteiger charge is 2.27. The van der Waals surface area contributed by atoms with Gasteiger partial charge in [0.25, 0.3) is 0 Å². The van der Waals surface area contributed by atoms with E-state index in [0.717, 1.165) is 23.9 Å². The largest absolute Gasteiger partial charge is 0.445 e. The second-order valence-corrected chi connectivity index (χ2v) is 8.15. The first-order chi connectivity index (χ1) is 15.1. The normalized spacial score (nSPS) is 16.5. The molecular formula is C24H24FN3O3. The molecule has 2 heterocycles. The summed E-state index contributed by atoms with van der Waals surface area (Å²) in [5.41, 5.74) is 2.03. The zero-order valence-corrected chi connectivity index (χ0v) is 17.2. The number of piperazine rings is 1. The van der Waals surface area contributed by atoms with Gasteiger partial charge in [-0.2, -0.15) is 0 Å². The van der Waals surface area contributed by atoms with Crippen molar-refractivity contribution in [2.24, 2.45) is 0 Å². The Morgan fingerprint density at radius 1 is 1.03 bits per heavy atom. The molecule has 0 spiro atoms. The Bertz CT molecular complexity index is 1170. The van der Waals surface area contributed by atoms with Gasteiger partial charge in [0.2, 0.25) is 0 Å². The van der Waals surface area contributed by atoms with Crippen molar-refractivity contribution in [1.29, 1.82) is 0 Å². The third-order valence-electron chi connectivity index (χ3n) is 6.02. The zero-order chi connectivity index (χ0) is 21.4. The van der Waals surface area contributed by atoms with Gasteiger partial charge < -0.3 is 19.1 Å². The van der Waals surface area contributed by atoms with E-state index in [2.05, 4.69) is 4.57 Å². The summed E-state index contributed by atoms with van der Waals surface area (Å²) in [6.07, 6.45) is 3.61. The lowest BCUT2D eigenvalue weighted by molar-refractivity contribution is 0.0941. The van der Waals surface area contributed by atoms with E-state index in [1.807, 2.05) is 41.4 Å². The van der Waals surface area contributed by atoms with Crippen LogP contribution in [0.4, 0.5) is 14.9 Å². The highest BCUT2D eigenvalue weighted by atomic mass is 19.1. The molecule has 6 nitrogen and oxygen atoms in total. The van der Waals surface area contributed by atoms with Crippen molar-refractivity contribution in [3.63, 3.8) is 0 Å². The SMILES string of the molecule is O=C(OCc1ccccc1)N1CCN(c2cc3c(cc2F)c(=O)ccn3C2CC2)CC1.